The number of rotatable bonds is 7. The summed E-state index contributed by atoms with van der Waals surface area (Å²) in [5, 5.41) is 13.7. The van der Waals surface area contributed by atoms with Gasteiger partial charge in [0.1, 0.15) is 6.04 Å². The summed E-state index contributed by atoms with van der Waals surface area (Å²) in [5.74, 6) is -0.371. The van der Waals surface area contributed by atoms with E-state index in [2.05, 4.69) is 16.6 Å². The molecular weight excluding hydrogens is 448 g/mol. The van der Waals surface area contributed by atoms with Gasteiger partial charge < -0.3 is 9.67 Å². The number of aromatic nitrogens is 1. The van der Waals surface area contributed by atoms with Crippen molar-refractivity contribution in [2.24, 2.45) is 5.18 Å². The van der Waals surface area contributed by atoms with Crippen molar-refractivity contribution in [1.82, 2.24) is 4.57 Å². The first-order valence-corrected chi connectivity index (χ1v) is 11.5. The van der Waals surface area contributed by atoms with Crippen LogP contribution in [0.3, 0.4) is 0 Å². The van der Waals surface area contributed by atoms with E-state index in [0.29, 0.717) is 11.3 Å². The third-order valence-electron chi connectivity index (χ3n) is 6.12. The lowest BCUT2D eigenvalue weighted by Crippen LogP contribution is -2.19. The number of benzene rings is 3. The molecule has 1 N–H and O–H groups in total. The van der Waals surface area contributed by atoms with Crippen molar-refractivity contribution in [3.05, 3.63) is 153 Å². The summed E-state index contributed by atoms with van der Waals surface area (Å²) in [5.41, 5.74) is 11.2. The highest BCUT2D eigenvalue weighted by Gasteiger charge is 2.23. The summed E-state index contributed by atoms with van der Waals surface area (Å²) in [6.07, 6.45) is 5.16. The molecule has 0 bridgehead atoms. The van der Waals surface area contributed by atoms with Gasteiger partial charge in [-0.2, -0.15) is 4.91 Å². The molecule has 0 fully saturated rings. The Kier molecular flexibility index (Phi) is 6.42. The lowest BCUT2D eigenvalue weighted by molar-refractivity contribution is 0.464. The van der Waals surface area contributed by atoms with Crippen LogP contribution < -0.4 is 5.43 Å². The summed E-state index contributed by atoms with van der Waals surface area (Å²) in [7, 11) is 0. The molecular formula is C31H22N2O3. The summed E-state index contributed by atoms with van der Waals surface area (Å²) in [6, 6.07) is 27.9. The van der Waals surface area contributed by atoms with E-state index in [0.717, 1.165) is 28.0 Å². The van der Waals surface area contributed by atoms with Gasteiger partial charge in [0, 0.05) is 29.4 Å². The second-order valence-electron chi connectivity index (χ2n) is 8.42. The largest absolute Gasteiger partial charge is 0.503 e. The van der Waals surface area contributed by atoms with E-state index in [1.54, 1.807) is 10.6 Å². The van der Waals surface area contributed by atoms with E-state index in [1.165, 1.54) is 12.3 Å². The topological polar surface area (TPSA) is 71.7 Å². The fraction of sp³-hybridized carbons (Fsp3) is 0.0645. The van der Waals surface area contributed by atoms with Gasteiger partial charge in [0.05, 0.1) is 6.20 Å². The van der Waals surface area contributed by atoms with Crippen molar-refractivity contribution >= 4 is 5.57 Å². The summed E-state index contributed by atoms with van der Waals surface area (Å²) < 4.78 is 1.73. The van der Waals surface area contributed by atoms with Crippen LogP contribution in [0.2, 0.25) is 0 Å². The van der Waals surface area contributed by atoms with Crippen LogP contribution in [0.1, 0.15) is 11.3 Å². The molecule has 5 nitrogen and oxygen atoms in total. The van der Waals surface area contributed by atoms with Crippen LogP contribution in [-0.2, 0) is 6.42 Å². The first kappa shape index (κ1) is 22.8. The van der Waals surface area contributed by atoms with E-state index >= 15 is 0 Å². The summed E-state index contributed by atoms with van der Waals surface area (Å²) in [4.78, 5) is 24.5. The summed E-state index contributed by atoms with van der Waals surface area (Å²) in [6.45, 7) is 0. The Hall–Kier alpha value is -4.95. The number of hydrogen-bond acceptors (Lipinski definition) is 4. The van der Waals surface area contributed by atoms with Gasteiger partial charge in [-0.05, 0) is 46.5 Å². The van der Waals surface area contributed by atoms with Gasteiger partial charge >= 0.3 is 0 Å². The van der Waals surface area contributed by atoms with E-state index < -0.39 is 11.5 Å². The van der Waals surface area contributed by atoms with Gasteiger partial charge in [0.25, 0.3) is 0 Å². The highest BCUT2D eigenvalue weighted by atomic mass is 16.3. The zero-order chi connectivity index (χ0) is 24.9. The van der Waals surface area contributed by atoms with Crippen molar-refractivity contribution < 1.29 is 5.11 Å². The van der Waals surface area contributed by atoms with Crippen LogP contribution >= 0.6 is 0 Å². The van der Waals surface area contributed by atoms with E-state index in [-0.39, 0.29) is 12.2 Å². The Morgan fingerprint density at radius 2 is 1.56 bits per heavy atom. The lowest BCUT2D eigenvalue weighted by atomic mass is 9.89. The number of hydrogen-bond donors (Lipinski definition) is 1. The number of nitroso groups, excluding NO2 is 1. The first-order valence-electron chi connectivity index (χ1n) is 11.5. The molecule has 3 aromatic carbocycles. The molecule has 1 unspecified atom stereocenters. The number of aromatic hydroxyl groups is 1. The molecule has 1 aliphatic carbocycles. The molecule has 1 aliphatic rings. The number of allylic oxidation sites excluding steroid dienone is 2. The Morgan fingerprint density at radius 1 is 0.861 bits per heavy atom. The van der Waals surface area contributed by atoms with Crippen LogP contribution in [0.15, 0.2) is 136 Å². The Labute approximate surface area is 208 Å². The van der Waals surface area contributed by atoms with Gasteiger partial charge in [-0.15, -0.1) is 0 Å². The van der Waals surface area contributed by atoms with Crippen LogP contribution in [0.4, 0.5) is 0 Å². The predicted octanol–water partition coefficient (Wildman–Crippen LogP) is 6.22. The molecule has 0 saturated heterocycles. The Balaban J connectivity index is 1.56. The fourth-order valence-corrected chi connectivity index (χ4v) is 4.35. The molecule has 36 heavy (non-hydrogen) atoms. The van der Waals surface area contributed by atoms with Crippen molar-refractivity contribution in [2.45, 2.75) is 12.5 Å². The van der Waals surface area contributed by atoms with Crippen molar-refractivity contribution in [3.8, 4) is 22.6 Å². The van der Waals surface area contributed by atoms with E-state index in [4.69, 9.17) is 0 Å². The molecule has 0 amide bonds. The number of nitrogens with zero attached hydrogens (tertiary/aromatic N) is 2. The van der Waals surface area contributed by atoms with Crippen LogP contribution in [0, 0.1) is 4.91 Å². The van der Waals surface area contributed by atoms with Gasteiger partial charge in [0.15, 0.2) is 5.75 Å². The van der Waals surface area contributed by atoms with Crippen molar-refractivity contribution in [1.29, 1.82) is 0 Å². The van der Waals surface area contributed by atoms with Gasteiger partial charge in [-0.25, -0.2) is 0 Å². The number of pyridine rings is 1. The second-order valence-corrected chi connectivity index (χ2v) is 8.42. The molecule has 0 saturated carbocycles. The Morgan fingerprint density at radius 3 is 2.28 bits per heavy atom. The maximum Gasteiger partial charge on any atom is 0.223 e. The molecule has 174 valence electrons. The van der Waals surface area contributed by atoms with Crippen LogP contribution in [0.25, 0.3) is 22.4 Å². The predicted molar refractivity (Wildman–Crippen MR) is 142 cm³/mol. The molecule has 1 heterocycles. The monoisotopic (exact) mass is 470 g/mol. The normalized spacial score (nSPS) is 13.1. The smallest absolute Gasteiger partial charge is 0.223 e. The van der Waals surface area contributed by atoms with Gasteiger partial charge in [0.2, 0.25) is 5.43 Å². The lowest BCUT2D eigenvalue weighted by Gasteiger charge is -2.20. The van der Waals surface area contributed by atoms with Crippen LogP contribution in [0.5, 0.6) is 5.75 Å². The van der Waals surface area contributed by atoms with Gasteiger partial charge in [-0.3, -0.25) is 4.79 Å². The fourth-order valence-electron chi connectivity index (χ4n) is 4.35. The minimum atomic E-state index is -0.815. The first-order chi connectivity index (χ1) is 17.6. The summed E-state index contributed by atoms with van der Waals surface area (Å²) >= 11 is 0. The molecule has 5 heteroatoms. The molecule has 0 aliphatic heterocycles. The molecule has 0 radical (unpaired) electrons. The SMILES string of the molecule is O=NC(Cc1cc(=O)c(O)cn1-c1cccc(-c2ccccc2)c1)C1=C=C=CC=C1c1ccccc1. The minimum absolute atomic E-state index is 0.142. The highest BCUT2D eigenvalue weighted by Crippen LogP contribution is 2.30. The average Bonchev–Trinajstić information content (AvgIpc) is 2.94. The molecule has 1 aromatic heterocycles. The molecule has 4 aromatic rings. The molecule has 1 atom stereocenters. The minimum Gasteiger partial charge on any atom is -0.503 e. The third-order valence-corrected chi connectivity index (χ3v) is 6.12. The highest BCUT2D eigenvalue weighted by molar-refractivity contribution is 5.82. The third kappa shape index (κ3) is 4.66. The maximum absolute atomic E-state index is 12.4. The standard InChI is InChI=1S/C31H22N2O3/c34-30-20-26(19-29(32-36)28-17-8-7-16-27(28)23-12-5-2-6-13-23)33(21-31(30)35)25-15-9-14-24(18-25)22-10-3-1-4-11-22/h1-7,9-16,18,20-21,29,35H,19H2. The Bertz CT molecular complexity index is 1620. The zero-order valence-corrected chi connectivity index (χ0v) is 19.3. The van der Waals surface area contributed by atoms with Gasteiger partial charge in [-0.1, -0.05) is 89.4 Å². The maximum atomic E-state index is 12.4. The average molecular weight is 471 g/mol. The van der Waals surface area contributed by atoms with Crippen molar-refractivity contribution in [2.75, 3.05) is 0 Å². The van der Waals surface area contributed by atoms with E-state index in [1.807, 2.05) is 91.0 Å². The van der Waals surface area contributed by atoms with Crippen LogP contribution in [-0.4, -0.2) is 15.7 Å². The second kappa shape index (κ2) is 10.1. The molecule has 5 rings (SSSR count). The zero-order valence-electron chi connectivity index (χ0n) is 19.3. The van der Waals surface area contributed by atoms with E-state index in [9.17, 15) is 14.8 Å². The quantitative estimate of drug-likeness (QED) is 0.257. The van der Waals surface area contributed by atoms with Crippen molar-refractivity contribution in [3.63, 3.8) is 0 Å². The molecule has 0 spiro atoms.